The van der Waals surface area contributed by atoms with Crippen LogP contribution < -0.4 is 16.0 Å². The molecular weight excluding hydrogens is 572 g/mol. The molecular formula is C31H33BrN4O2S. The third-order valence-corrected chi connectivity index (χ3v) is 10.1. The Morgan fingerprint density at radius 2 is 1.69 bits per heavy atom. The number of anilines is 2. The topological polar surface area (TPSA) is 83.1 Å². The minimum Gasteiger partial charge on any atom is -0.326 e. The van der Waals surface area contributed by atoms with Crippen molar-refractivity contribution in [2.24, 2.45) is 11.8 Å². The molecule has 2 saturated carbocycles. The highest BCUT2D eigenvalue weighted by Crippen LogP contribution is 2.32. The SMILES string of the molecule is O=C(Nc1nc2ccc(NC(=O)[C@@H]3CCC[C@H](NCc4ccc5ccccc5c4Br)C3)cc2s1)C1CCCC1. The van der Waals surface area contributed by atoms with Crippen LogP contribution in [-0.2, 0) is 16.1 Å². The molecule has 2 aliphatic rings. The number of fused-ring (bicyclic) bond motifs is 2. The number of benzene rings is 3. The summed E-state index contributed by atoms with van der Waals surface area (Å²) < 4.78 is 2.09. The van der Waals surface area contributed by atoms with Gasteiger partial charge in [0.2, 0.25) is 11.8 Å². The van der Waals surface area contributed by atoms with Gasteiger partial charge in [0.1, 0.15) is 0 Å². The Labute approximate surface area is 241 Å². The van der Waals surface area contributed by atoms with Crippen LogP contribution in [0.5, 0.6) is 0 Å². The average molecular weight is 606 g/mol. The van der Waals surface area contributed by atoms with Crippen LogP contribution in [0.15, 0.2) is 59.1 Å². The molecule has 0 aliphatic heterocycles. The third kappa shape index (κ3) is 6.03. The van der Waals surface area contributed by atoms with Gasteiger partial charge < -0.3 is 16.0 Å². The smallest absolute Gasteiger partial charge is 0.229 e. The summed E-state index contributed by atoms with van der Waals surface area (Å²) in [5, 5.41) is 12.9. The fourth-order valence-corrected chi connectivity index (χ4v) is 7.52. The van der Waals surface area contributed by atoms with E-state index in [0.29, 0.717) is 11.2 Å². The molecule has 2 aliphatic carbocycles. The van der Waals surface area contributed by atoms with Crippen LogP contribution in [0.25, 0.3) is 21.0 Å². The van der Waals surface area contributed by atoms with E-state index in [0.717, 1.165) is 78.3 Å². The maximum atomic E-state index is 13.2. The highest BCUT2D eigenvalue weighted by molar-refractivity contribution is 9.10. The largest absolute Gasteiger partial charge is 0.326 e. The molecule has 2 atom stereocenters. The summed E-state index contributed by atoms with van der Waals surface area (Å²) in [5.41, 5.74) is 2.85. The second-order valence-electron chi connectivity index (χ2n) is 10.9. The number of carbonyl (C=O) groups excluding carboxylic acids is 2. The first kappa shape index (κ1) is 26.4. The van der Waals surface area contributed by atoms with Gasteiger partial charge in [0.05, 0.1) is 10.2 Å². The van der Waals surface area contributed by atoms with Crippen molar-refractivity contribution in [1.82, 2.24) is 10.3 Å². The highest BCUT2D eigenvalue weighted by Gasteiger charge is 2.28. The van der Waals surface area contributed by atoms with Crippen LogP contribution in [0.1, 0.15) is 56.9 Å². The number of carbonyl (C=O) groups is 2. The van der Waals surface area contributed by atoms with Gasteiger partial charge in [0, 0.05) is 34.6 Å². The van der Waals surface area contributed by atoms with Gasteiger partial charge in [-0.1, -0.05) is 67.0 Å². The zero-order chi connectivity index (χ0) is 26.8. The van der Waals surface area contributed by atoms with Crippen molar-refractivity contribution in [3.8, 4) is 0 Å². The number of aromatic nitrogens is 1. The average Bonchev–Trinajstić information content (AvgIpc) is 3.63. The van der Waals surface area contributed by atoms with E-state index in [-0.39, 0.29) is 23.7 Å². The van der Waals surface area contributed by atoms with E-state index in [9.17, 15) is 9.59 Å². The number of rotatable bonds is 7. The van der Waals surface area contributed by atoms with Crippen molar-refractivity contribution >= 4 is 70.9 Å². The van der Waals surface area contributed by atoms with Crippen molar-refractivity contribution in [2.75, 3.05) is 10.6 Å². The zero-order valence-corrected chi connectivity index (χ0v) is 24.2. The first-order chi connectivity index (χ1) is 19.0. The summed E-state index contributed by atoms with van der Waals surface area (Å²) >= 11 is 5.26. The predicted molar refractivity (Wildman–Crippen MR) is 163 cm³/mol. The van der Waals surface area contributed by atoms with Gasteiger partial charge in [-0.3, -0.25) is 9.59 Å². The first-order valence-electron chi connectivity index (χ1n) is 14.0. The highest BCUT2D eigenvalue weighted by atomic mass is 79.9. The lowest BCUT2D eigenvalue weighted by Crippen LogP contribution is -2.37. The Hall–Kier alpha value is -2.81. The van der Waals surface area contributed by atoms with Crippen molar-refractivity contribution < 1.29 is 9.59 Å². The number of nitrogens with one attached hydrogen (secondary N) is 3. The Bertz CT molecular complexity index is 1510. The summed E-state index contributed by atoms with van der Waals surface area (Å²) in [6, 6.07) is 18.8. The molecule has 3 N–H and O–H groups in total. The van der Waals surface area contributed by atoms with Crippen molar-refractivity contribution in [1.29, 1.82) is 0 Å². The molecule has 0 unspecified atom stereocenters. The van der Waals surface area contributed by atoms with Crippen LogP contribution in [0.3, 0.4) is 0 Å². The van der Waals surface area contributed by atoms with Crippen LogP contribution in [0.2, 0.25) is 0 Å². The molecule has 3 aromatic carbocycles. The van der Waals surface area contributed by atoms with Crippen molar-refractivity contribution in [3.63, 3.8) is 0 Å². The molecule has 0 saturated heterocycles. The zero-order valence-electron chi connectivity index (χ0n) is 21.8. The molecule has 0 spiro atoms. The molecule has 6 rings (SSSR count). The Balaban J connectivity index is 1.05. The van der Waals surface area contributed by atoms with E-state index >= 15 is 0 Å². The second-order valence-corrected chi connectivity index (χ2v) is 12.7. The standard InChI is InChI=1S/C31H33BrN4O2S/c32-28-22(13-12-19-6-3-4-11-25(19)28)18-33-23-10-5-9-21(16-23)30(38)34-24-14-15-26-27(17-24)39-31(35-26)36-29(37)20-7-1-2-8-20/h3-4,6,11-15,17,20-21,23,33H,1-2,5,7-10,16,18H2,(H,34,38)(H,35,36,37)/t21-,23+/m1/s1. The number of thiazole rings is 1. The van der Waals surface area contributed by atoms with E-state index in [2.05, 4.69) is 73.3 Å². The molecule has 39 heavy (non-hydrogen) atoms. The summed E-state index contributed by atoms with van der Waals surface area (Å²) in [6.07, 6.45) is 8.03. The van der Waals surface area contributed by atoms with Crippen molar-refractivity contribution in [3.05, 3.63) is 64.6 Å². The summed E-state index contributed by atoms with van der Waals surface area (Å²) in [4.78, 5) is 30.3. The van der Waals surface area contributed by atoms with Gasteiger partial charge in [-0.05, 0) is 82.6 Å². The number of halogens is 1. The van der Waals surface area contributed by atoms with E-state index in [4.69, 9.17) is 0 Å². The molecule has 2 fully saturated rings. The maximum Gasteiger partial charge on any atom is 0.229 e. The van der Waals surface area contributed by atoms with Crippen molar-refractivity contribution in [2.45, 2.75) is 64.0 Å². The maximum absolute atomic E-state index is 13.2. The van der Waals surface area contributed by atoms with Gasteiger partial charge in [0.25, 0.3) is 0 Å². The van der Waals surface area contributed by atoms with Gasteiger partial charge in [-0.25, -0.2) is 4.98 Å². The fourth-order valence-electron chi connectivity index (χ4n) is 5.98. The monoisotopic (exact) mass is 604 g/mol. The van der Waals surface area contributed by atoms with Gasteiger partial charge in [-0.2, -0.15) is 0 Å². The minimum atomic E-state index is -0.0188. The number of hydrogen-bond donors (Lipinski definition) is 3. The molecule has 4 aromatic rings. The fraction of sp³-hybridized carbons (Fsp3) is 0.387. The van der Waals surface area contributed by atoms with E-state index in [1.54, 1.807) is 0 Å². The predicted octanol–water partition coefficient (Wildman–Crippen LogP) is 7.63. The van der Waals surface area contributed by atoms with Gasteiger partial charge >= 0.3 is 0 Å². The molecule has 1 aromatic heterocycles. The molecule has 0 bridgehead atoms. The third-order valence-electron chi connectivity index (χ3n) is 8.18. The molecule has 8 heteroatoms. The Morgan fingerprint density at radius 3 is 2.56 bits per heavy atom. The summed E-state index contributed by atoms with van der Waals surface area (Å²) in [5.74, 6) is 0.241. The minimum absolute atomic E-state index is 0.0188. The molecule has 2 amide bonds. The Kier molecular flexibility index (Phi) is 7.95. The molecule has 202 valence electrons. The van der Waals surface area contributed by atoms with E-state index in [1.807, 2.05) is 18.2 Å². The summed E-state index contributed by atoms with van der Waals surface area (Å²) in [6.45, 7) is 0.770. The number of hydrogen-bond acceptors (Lipinski definition) is 5. The quantitative estimate of drug-likeness (QED) is 0.202. The second kappa shape index (κ2) is 11.7. The lowest BCUT2D eigenvalue weighted by atomic mass is 9.85. The Morgan fingerprint density at radius 1 is 0.897 bits per heavy atom. The molecule has 1 heterocycles. The normalized spacial score (nSPS) is 19.9. The first-order valence-corrected chi connectivity index (χ1v) is 15.6. The lowest BCUT2D eigenvalue weighted by molar-refractivity contribution is -0.121. The van der Waals surface area contributed by atoms with Gasteiger partial charge in [0.15, 0.2) is 5.13 Å². The van der Waals surface area contributed by atoms with E-state index < -0.39 is 0 Å². The number of nitrogens with zero attached hydrogens (tertiary/aromatic N) is 1. The molecule has 6 nitrogen and oxygen atoms in total. The van der Waals surface area contributed by atoms with Crippen LogP contribution in [0, 0.1) is 11.8 Å². The number of amides is 2. The van der Waals surface area contributed by atoms with Crippen LogP contribution in [-0.4, -0.2) is 22.8 Å². The summed E-state index contributed by atoms with van der Waals surface area (Å²) in [7, 11) is 0. The molecule has 0 radical (unpaired) electrons. The van der Waals surface area contributed by atoms with E-state index in [1.165, 1.54) is 27.7 Å². The van der Waals surface area contributed by atoms with Gasteiger partial charge in [-0.15, -0.1) is 0 Å². The van der Waals surface area contributed by atoms with Crippen LogP contribution >= 0.6 is 27.3 Å². The van der Waals surface area contributed by atoms with Crippen LogP contribution in [0.4, 0.5) is 10.8 Å². The lowest BCUT2D eigenvalue weighted by Gasteiger charge is -2.29.